The van der Waals surface area contributed by atoms with Gasteiger partial charge < -0.3 is 24.2 Å². The van der Waals surface area contributed by atoms with Crippen LogP contribution in [0, 0.1) is 0 Å². The fourth-order valence-electron chi connectivity index (χ4n) is 2.52. The first-order valence-electron chi connectivity index (χ1n) is 8.75. The van der Waals surface area contributed by atoms with E-state index in [0.717, 1.165) is 0 Å². The maximum absolute atomic E-state index is 11.1. The van der Waals surface area contributed by atoms with Crippen molar-refractivity contribution in [3.8, 4) is 11.5 Å². The quantitative estimate of drug-likeness (QED) is 0.242. The molecule has 2 atom stereocenters. The Morgan fingerprint density at radius 3 is 2.00 bits per heavy atom. The average molecular weight is 445 g/mol. The van der Waals surface area contributed by atoms with Gasteiger partial charge in [-0.1, -0.05) is 13.8 Å². The summed E-state index contributed by atoms with van der Waals surface area (Å²) in [4.78, 5) is 1.76. The summed E-state index contributed by atoms with van der Waals surface area (Å²) in [5.41, 5.74) is 0. The van der Waals surface area contributed by atoms with Crippen LogP contribution in [0.1, 0.15) is 13.8 Å². The van der Waals surface area contributed by atoms with E-state index in [2.05, 4.69) is 0 Å². The van der Waals surface area contributed by atoms with E-state index in [1.807, 2.05) is 6.92 Å². The van der Waals surface area contributed by atoms with Crippen LogP contribution >= 0.6 is 0 Å². The third-order valence-corrected chi connectivity index (χ3v) is 5.01. The van der Waals surface area contributed by atoms with E-state index in [9.17, 15) is 23.2 Å². The molecule has 0 amide bonds. The van der Waals surface area contributed by atoms with Gasteiger partial charge in [-0.25, -0.2) is 12.7 Å². The first-order chi connectivity index (χ1) is 12.7. The molecule has 0 bridgehead atoms. The Labute approximate surface area is 209 Å². The third kappa shape index (κ3) is 10.8. The summed E-state index contributed by atoms with van der Waals surface area (Å²) in [5, 5.41) is 20.2. The first-order valence-corrected chi connectivity index (χ1v) is 10.1. The molecule has 0 radical (unpaired) electrons. The van der Waals surface area contributed by atoms with Crippen LogP contribution in [-0.2, 0) is 10.3 Å². The second-order valence-corrected chi connectivity index (χ2v) is 7.43. The average Bonchev–Trinajstić information content (AvgIpc) is 2.63. The molecular formula is C17H29KN2O7S. The van der Waals surface area contributed by atoms with Crippen molar-refractivity contribution < 1.29 is 84.0 Å². The number of benzene rings is 1. The van der Waals surface area contributed by atoms with Gasteiger partial charge in [0.2, 0.25) is 0 Å². The largest absolute Gasteiger partial charge is 1.00 e. The zero-order chi connectivity index (χ0) is 20.4. The van der Waals surface area contributed by atoms with Crippen LogP contribution in [0.5, 0.6) is 11.5 Å². The predicted octanol–water partition coefficient (Wildman–Crippen LogP) is -3.10. The second-order valence-electron chi connectivity index (χ2n) is 6.05. The van der Waals surface area contributed by atoms with Crippen molar-refractivity contribution >= 4 is 10.3 Å². The molecular weight excluding hydrogens is 415 g/mol. The summed E-state index contributed by atoms with van der Waals surface area (Å²) in [6, 6.07) is 6.96. The van der Waals surface area contributed by atoms with Crippen molar-refractivity contribution in [2.24, 2.45) is 0 Å². The van der Waals surface area contributed by atoms with Crippen LogP contribution in [0.4, 0.5) is 0 Å². The molecule has 156 valence electrons. The summed E-state index contributed by atoms with van der Waals surface area (Å²) >= 11 is 0. The van der Waals surface area contributed by atoms with Crippen LogP contribution in [-0.4, -0.2) is 91.0 Å². The van der Waals surface area contributed by atoms with E-state index < -0.39 is 22.5 Å². The predicted molar refractivity (Wildman–Crippen MR) is 99.6 cm³/mol. The minimum Gasteiger partial charge on any atom is -0.735 e. The van der Waals surface area contributed by atoms with Crippen LogP contribution in [0.25, 0.3) is 0 Å². The number of methoxy groups -OCH3 is 1. The van der Waals surface area contributed by atoms with E-state index in [4.69, 9.17) is 9.47 Å². The second kappa shape index (κ2) is 14.3. The number of ether oxygens (including phenoxy) is 2. The zero-order valence-corrected chi connectivity index (χ0v) is 20.9. The van der Waals surface area contributed by atoms with E-state index in [0.29, 0.717) is 22.3 Å². The van der Waals surface area contributed by atoms with E-state index in [1.54, 1.807) is 36.3 Å². The van der Waals surface area contributed by atoms with Gasteiger partial charge in [-0.05, 0) is 30.8 Å². The van der Waals surface area contributed by atoms with Gasteiger partial charge in [0.15, 0.2) is 10.3 Å². The molecule has 2 N–H and O–H groups in total. The molecule has 0 spiro atoms. The molecule has 1 rings (SSSR count). The molecule has 0 saturated carbocycles. The van der Waals surface area contributed by atoms with Crippen LogP contribution in [0.15, 0.2) is 24.3 Å². The number of aliphatic hydroxyl groups excluding tert-OH is 2. The van der Waals surface area contributed by atoms with Gasteiger partial charge in [0, 0.05) is 26.2 Å². The van der Waals surface area contributed by atoms with E-state index in [-0.39, 0.29) is 84.2 Å². The van der Waals surface area contributed by atoms with Crippen molar-refractivity contribution in [2.45, 2.75) is 26.1 Å². The topological polar surface area (TPSA) is 123 Å². The van der Waals surface area contributed by atoms with Crippen LogP contribution in [0.3, 0.4) is 0 Å². The Morgan fingerprint density at radius 1 is 1.00 bits per heavy atom. The number of nitrogens with zero attached hydrogens (tertiary/aromatic N) is 2. The summed E-state index contributed by atoms with van der Waals surface area (Å²) in [7, 11) is -3.02. The Balaban J connectivity index is 0.00000729. The molecule has 0 aliphatic rings. The zero-order valence-electron chi connectivity index (χ0n) is 16.9. The molecule has 9 nitrogen and oxygen atoms in total. The van der Waals surface area contributed by atoms with Crippen molar-refractivity contribution in [3.05, 3.63) is 24.3 Å². The molecule has 1 aromatic rings. The molecule has 0 aliphatic carbocycles. The monoisotopic (exact) mass is 444 g/mol. The Kier molecular flexibility index (Phi) is 14.4. The summed E-state index contributed by atoms with van der Waals surface area (Å²) in [6.07, 6.45) is -1.84. The molecule has 1 aromatic carbocycles. The molecule has 0 aromatic heterocycles. The van der Waals surface area contributed by atoms with Gasteiger partial charge in [0.25, 0.3) is 0 Å². The number of likely N-dealkylation sites (N-methyl/N-ethyl adjacent to an activating group) is 2. The van der Waals surface area contributed by atoms with Gasteiger partial charge in [-0.3, -0.25) is 4.90 Å². The van der Waals surface area contributed by atoms with Gasteiger partial charge in [-0.15, -0.1) is 0 Å². The number of hydrogen-bond acceptors (Lipinski definition) is 8. The van der Waals surface area contributed by atoms with Crippen molar-refractivity contribution in [1.29, 1.82) is 0 Å². The van der Waals surface area contributed by atoms with Crippen molar-refractivity contribution in [2.75, 3.05) is 46.4 Å². The normalized spacial score (nSPS) is 13.9. The number of hydrogen-bond donors (Lipinski definition) is 2. The summed E-state index contributed by atoms with van der Waals surface area (Å²) in [5.74, 6) is 1.30. The number of aliphatic hydroxyl groups is 2. The molecule has 2 unspecified atom stereocenters. The molecule has 0 fully saturated rings. The smallest absolute Gasteiger partial charge is 0.735 e. The summed E-state index contributed by atoms with van der Waals surface area (Å²) < 4.78 is 44.5. The van der Waals surface area contributed by atoms with Gasteiger partial charge in [-0.2, -0.15) is 0 Å². The Bertz CT molecular complexity index is 645. The third-order valence-electron chi connectivity index (χ3n) is 3.97. The Morgan fingerprint density at radius 2 is 1.54 bits per heavy atom. The molecule has 28 heavy (non-hydrogen) atoms. The molecule has 0 heterocycles. The maximum Gasteiger partial charge on any atom is 1.00 e. The van der Waals surface area contributed by atoms with Crippen molar-refractivity contribution in [1.82, 2.24) is 9.21 Å². The van der Waals surface area contributed by atoms with Gasteiger partial charge >= 0.3 is 51.4 Å². The molecule has 0 saturated heterocycles. The maximum atomic E-state index is 11.1. The van der Waals surface area contributed by atoms with Crippen LogP contribution in [0.2, 0.25) is 0 Å². The number of rotatable bonds is 13. The Hall–Kier alpha value is 0.206. The summed E-state index contributed by atoms with van der Waals surface area (Å²) in [6.45, 7) is 4.06. The van der Waals surface area contributed by atoms with Gasteiger partial charge in [0.05, 0.1) is 13.2 Å². The molecule has 11 heteroatoms. The minimum atomic E-state index is -4.59. The minimum absolute atomic E-state index is 0. The standard InChI is InChI=1S/C17H30N2O7S.K/c1-4-18(10-14(20)12-19(5-2)27(22,23)24)11-15(21)13-26-17-8-6-16(25-3)7-9-17;/h6-9,14-15,20-21H,4-5,10-13H2,1-3H3,(H,22,23,24);/q;+1/p-1. The van der Waals surface area contributed by atoms with E-state index in [1.165, 1.54) is 6.92 Å². The van der Waals surface area contributed by atoms with E-state index >= 15 is 0 Å². The molecule has 0 aliphatic heterocycles. The van der Waals surface area contributed by atoms with Crippen LogP contribution < -0.4 is 60.9 Å². The SMILES string of the molecule is CCN(CC(O)COc1ccc(OC)cc1)CC(O)CN(CC)S(=O)(=O)[O-].[K+]. The fraction of sp³-hybridized carbons (Fsp3) is 0.647. The van der Waals surface area contributed by atoms with Gasteiger partial charge in [0.1, 0.15) is 24.2 Å². The fourth-order valence-corrected chi connectivity index (χ4v) is 3.19. The first kappa shape index (κ1) is 28.2. The van der Waals surface area contributed by atoms with Crippen molar-refractivity contribution in [3.63, 3.8) is 0 Å².